The lowest BCUT2D eigenvalue weighted by atomic mass is 9.76. The molecule has 314 valence electrons. The van der Waals surface area contributed by atoms with E-state index in [0.717, 1.165) is 66.1 Å². The van der Waals surface area contributed by atoms with Gasteiger partial charge in [0.15, 0.2) is 0 Å². The molecule has 1 amide bonds. The molecule has 0 spiro atoms. The summed E-state index contributed by atoms with van der Waals surface area (Å²) in [5.41, 5.74) is 7.26. The average Bonchev–Trinajstić information content (AvgIpc) is 4.01. The predicted molar refractivity (Wildman–Crippen MR) is 244 cm³/mol. The molecule has 62 heavy (non-hydrogen) atoms. The van der Waals surface area contributed by atoms with Crippen molar-refractivity contribution in [3.63, 3.8) is 0 Å². The molecule has 5 heterocycles. The molecular formula is C52H54N8O2. The molecule has 10 nitrogen and oxygen atoms in total. The molecular weight excluding hydrogens is 769 g/mol. The number of anilines is 2. The van der Waals surface area contributed by atoms with Crippen LogP contribution in [0.3, 0.4) is 0 Å². The van der Waals surface area contributed by atoms with Gasteiger partial charge in [-0.15, -0.1) is 0 Å². The Morgan fingerprint density at radius 3 is 2.10 bits per heavy atom. The van der Waals surface area contributed by atoms with E-state index < -0.39 is 5.54 Å². The van der Waals surface area contributed by atoms with Crippen LogP contribution in [-0.4, -0.2) is 102 Å². The lowest BCUT2D eigenvalue weighted by molar-refractivity contribution is -0.134. The van der Waals surface area contributed by atoms with E-state index in [0.29, 0.717) is 51.4 Å². The van der Waals surface area contributed by atoms with Crippen LogP contribution < -0.4 is 14.5 Å². The first-order valence-corrected chi connectivity index (χ1v) is 22.3. The number of likely N-dealkylation sites (N-methyl/N-ethyl adjacent to an activating group) is 1. The highest BCUT2D eigenvalue weighted by atomic mass is 16.5. The summed E-state index contributed by atoms with van der Waals surface area (Å²) in [7, 11) is 2.16. The number of nitrogens with zero attached hydrogens (tertiary/aromatic N) is 8. The van der Waals surface area contributed by atoms with E-state index in [9.17, 15) is 10.1 Å². The number of amides is 1. The average molecular weight is 823 g/mol. The number of benzene rings is 5. The summed E-state index contributed by atoms with van der Waals surface area (Å²) in [6, 6.07) is 47.2. The van der Waals surface area contributed by atoms with Crippen LogP contribution in [0.25, 0.3) is 10.8 Å². The fraction of sp³-hybridized carbons (Fsp3) is 0.346. The van der Waals surface area contributed by atoms with Crippen LogP contribution in [0.15, 0.2) is 127 Å². The largest absolute Gasteiger partial charge is 0.462 e. The monoisotopic (exact) mass is 822 g/mol. The van der Waals surface area contributed by atoms with Gasteiger partial charge in [-0.25, -0.2) is 0 Å². The Labute approximate surface area is 365 Å². The summed E-state index contributed by atoms with van der Waals surface area (Å²) in [6.07, 6.45) is 3.26. The molecule has 0 aliphatic carbocycles. The van der Waals surface area contributed by atoms with Gasteiger partial charge in [-0.05, 0) is 73.5 Å². The fourth-order valence-electron chi connectivity index (χ4n) is 10.6. The number of hydrogen-bond donors (Lipinski definition) is 0. The number of ether oxygens (including phenoxy) is 1. The summed E-state index contributed by atoms with van der Waals surface area (Å²) >= 11 is 0. The van der Waals surface area contributed by atoms with Gasteiger partial charge in [0.1, 0.15) is 18.5 Å². The summed E-state index contributed by atoms with van der Waals surface area (Å²) < 4.78 is 6.48. The van der Waals surface area contributed by atoms with E-state index in [-0.39, 0.29) is 24.4 Å². The third-order valence-corrected chi connectivity index (χ3v) is 13.8. The smallest absolute Gasteiger partial charge is 0.318 e. The van der Waals surface area contributed by atoms with Crippen molar-refractivity contribution in [3.05, 3.63) is 161 Å². The number of hydrogen-bond acceptors (Lipinski definition) is 9. The predicted octanol–water partition coefficient (Wildman–Crippen LogP) is 7.58. The second kappa shape index (κ2) is 16.9. The zero-order valence-electron chi connectivity index (χ0n) is 35.7. The minimum absolute atomic E-state index is 0.0764. The van der Waals surface area contributed by atoms with Crippen LogP contribution >= 0.6 is 0 Å². The molecule has 0 radical (unpaired) electrons. The van der Waals surface area contributed by atoms with Gasteiger partial charge in [-0.3, -0.25) is 9.69 Å². The van der Waals surface area contributed by atoms with Crippen molar-refractivity contribution in [1.29, 1.82) is 5.26 Å². The van der Waals surface area contributed by atoms with Crippen LogP contribution in [0.1, 0.15) is 52.8 Å². The third kappa shape index (κ3) is 7.23. The Bertz CT molecular complexity index is 2500. The number of aromatic nitrogens is 2. The van der Waals surface area contributed by atoms with Gasteiger partial charge >= 0.3 is 6.01 Å². The molecule has 5 aromatic carbocycles. The van der Waals surface area contributed by atoms with Gasteiger partial charge in [0, 0.05) is 55.4 Å². The van der Waals surface area contributed by atoms with Crippen LogP contribution in [0.4, 0.5) is 11.5 Å². The molecule has 0 bridgehead atoms. The third-order valence-electron chi connectivity index (χ3n) is 13.8. The molecule has 1 aromatic heterocycles. The maximum absolute atomic E-state index is 15.0. The second-order valence-corrected chi connectivity index (χ2v) is 17.4. The van der Waals surface area contributed by atoms with E-state index in [1.54, 1.807) is 0 Å². The van der Waals surface area contributed by atoms with E-state index >= 15 is 0 Å². The number of piperazine rings is 1. The van der Waals surface area contributed by atoms with Gasteiger partial charge in [0.2, 0.25) is 5.91 Å². The summed E-state index contributed by atoms with van der Waals surface area (Å²) in [4.78, 5) is 36.7. The van der Waals surface area contributed by atoms with Gasteiger partial charge in [0.05, 0.1) is 36.3 Å². The molecule has 6 aromatic rings. The normalized spacial score (nSPS) is 21.4. The summed E-state index contributed by atoms with van der Waals surface area (Å²) in [6.45, 7) is 7.47. The van der Waals surface area contributed by atoms with Gasteiger partial charge in [-0.2, -0.15) is 15.2 Å². The van der Waals surface area contributed by atoms with E-state index in [1.807, 2.05) is 23.1 Å². The Balaban J connectivity index is 0.951. The summed E-state index contributed by atoms with van der Waals surface area (Å²) in [5, 5.41) is 12.8. The first-order valence-electron chi connectivity index (χ1n) is 22.3. The molecule has 0 saturated carbocycles. The Hall–Kier alpha value is -6.28. The number of carbonyl (C=O) groups excluding carboxylic acids is 1. The molecule has 1 unspecified atom stereocenters. The Morgan fingerprint density at radius 2 is 1.45 bits per heavy atom. The van der Waals surface area contributed by atoms with Crippen molar-refractivity contribution in [1.82, 2.24) is 24.7 Å². The van der Waals surface area contributed by atoms with Crippen LogP contribution in [0, 0.1) is 18.3 Å². The van der Waals surface area contributed by atoms with E-state index in [4.69, 9.17) is 14.7 Å². The van der Waals surface area contributed by atoms with Crippen molar-refractivity contribution >= 4 is 28.2 Å². The van der Waals surface area contributed by atoms with E-state index in [1.165, 1.54) is 22.0 Å². The minimum Gasteiger partial charge on any atom is -0.462 e. The molecule has 0 N–H and O–H groups in total. The quantitative estimate of drug-likeness (QED) is 0.0970. The number of nitriles is 1. The molecule has 3 saturated heterocycles. The zero-order chi connectivity index (χ0) is 42.2. The number of fused-ring (bicyclic) bond motifs is 2. The Morgan fingerprint density at radius 1 is 0.774 bits per heavy atom. The molecule has 4 aliphatic heterocycles. The van der Waals surface area contributed by atoms with E-state index in [2.05, 4.69) is 149 Å². The first kappa shape index (κ1) is 39.8. The van der Waals surface area contributed by atoms with Gasteiger partial charge in [0.25, 0.3) is 0 Å². The number of rotatable bonds is 11. The number of likely N-dealkylation sites (tertiary alicyclic amines) is 1. The molecule has 4 aliphatic rings. The lowest BCUT2D eigenvalue weighted by Crippen LogP contribution is -2.57. The highest BCUT2D eigenvalue weighted by molar-refractivity contribution is 5.97. The van der Waals surface area contributed by atoms with Crippen LogP contribution in [0.5, 0.6) is 6.01 Å². The van der Waals surface area contributed by atoms with Crippen LogP contribution in [0.2, 0.25) is 0 Å². The molecule has 4 atom stereocenters. The Kier molecular flexibility index (Phi) is 10.8. The highest BCUT2D eigenvalue weighted by Crippen LogP contribution is 2.49. The summed E-state index contributed by atoms with van der Waals surface area (Å²) in [5.74, 6) is 0.949. The van der Waals surface area contributed by atoms with Crippen molar-refractivity contribution in [2.45, 2.75) is 62.8 Å². The van der Waals surface area contributed by atoms with Crippen molar-refractivity contribution in [3.8, 4) is 12.1 Å². The maximum Gasteiger partial charge on any atom is 0.318 e. The minimum atomic E-state index is -0.668. The lowest BCUT2D eigenvalue weighted by Gasteiger charge is -2.43. The van der Waals surface area contributed by atoms with Crippen molar-refractivity contribution in [2.75, 3.05) is 62.7 Å². The number of aryl methyl sites for hydroxylation is 1. The number of carbonyl (C=O) groups is 1. The first-order chi connectivity index (χ1) is 30.4. The standard InChI is InChI=1S/C52H54N8O2/c1-37-15-12-16-38-17-13-25-46(48(37)38)57-30-27-44-45(34-57)54-51(62-36-43-24-14-29-56(43)2)55-49(44)58-31-32-59(42(33-58)26-28-53)50(61)47-35-60(47)52(39-18-6-3-7-19-39,40-20-8-4-9-21-40)41-22-10-5-11-23-41/h3-13,15-23,25,42-43,47H,14,24,26-27,29-36H2,1-2H3/t42-,43-,47+,60?/m0/s1. The molecule has 3 fully saturated rings. The highest BCUT2D eigenvalue weighted by Gasteiger charge is 2.57. The molecule has 10 heteroatoms. The van der Waals surface area contributed by atoms with Gasteiger partial charge in [-0.1, -0.05) is 121 Å². The van der Waals surface area contributed by atoms with Crippen molar-refractivity contribution in [2.24, 2.45) is 0 Å². The SMILES string of the molecule is Cc1cccc2cccc(N3CCc4c(nc(OC[C@@H]5CCCN5C)nc4N4CCN(C(=O)[C@H]5CN5C(c5ccccc5)(c5ccccc5)c5ccccc5)[C@@H](CC#N)C4)C3)c12. The molecule has 10 rings (SSSR count). The maximum atomic E-state index is 15.0. The zero-order valence-corrected chi connectivity index (χ0v) is 35.7. The second-order valence-electron chi connectivity index (χ2n) is 17.4. The van der Waals surface area contributed by atoms with Crippen LogP contribution in [-0.2, 0) is 23.3 Å². The van der Waals surface area contributed by atoms with Crippen molar-refractivity contribution < 1.29 is 9.53 Å². The topological polar surface area (TPSA) is 91.8 Å². The van der Waals surface area contributed by atoms with Gasteiger partial charge < -0.3 is 24.3 Å². The fourth-order valence-corrected chi connectivity index (χ4v) is 10.6.